The summed E-state index contributed by atoms with van der Waals surface area (Å²) < 4.78 is 13.5. The Hall–Kier alpha value is -0.310. The summed E-state index contributed by atoms with van der Waals surface area (Å²) in [6, 6.07) is 2.98. The van der Waals surface area contributed by atoms with Gasteiger partial charge in [0.1, 0.15) is 5.82 Å². The summed E-state index contributed by atoms with van der Waals surface area (Å²) in [6.45, 7) is 10.5. The van der Waals surface area contributed by atoms with Gasteiger partial charge >= 0.3 is 0 Å². The molecule has 2 unspecified atom stereocenters. The molecule has 1 aromatic carbocycles. The number of hydrogen-bond acceptors (Lipinski definition) is 1. The van der Waals surface area contributed by atoms with Crippen molar-refractivity contribution in [1.82, 2.24) is 5.32 Å². The number of hydrogen-bond donors (Lipinski definition) is 1. The maximum Gasteiger partial charge on any atom is 0.142 e. The molecule has 1 rings (SSSR count). The minimum atomic E-state index is -0.437. The summed E-state index contributed by atoms with van der Waals surface area (Å²) in [5.41, 5.74) is 0.731. The second-order valence-electron chi connectivity index (χ2n) is 5.73. The molecular formula is C14H20Cl2FN. The average molecular weight is 292 g/mol. The molecule has 0 aliphatic carbocycles. The molecule has 0 saturated carbocycles. The van der Waals surface area contributed by atoms with E-state index in [4.69, 9.17) is 23.2 Å². The van der Waals surface area contributed by atoms with E-state index in [-0.39, 0.29) is 22.5 Å². The van der Waals surface area contributed by atoms with Gasteiger partial charge in [-0.05, 0) is 31.4 Å². The van der Waals surface area contributed by atoms with Gasteiger partial charge in [0.2, 0.25) is 0 Å². The lowest BCUT2D eigenvalue weighted by Crippen LogP contribution is -2.39. The topological polar surface area (TPSA) is 12.0 Å². The highest BCUT2D eigenvalue weighted by Crippen LogP contribution is 2.33. The number of rotatable bonds is 3. The molecule has 102 valence electrons. The first-order valence-electron chi connectivity index (χ1n) is 6.04. The molecule has 0 aromatic heterocycles. The smallest absolute Gasteiger partial charge is 0.142 e. The lowest BCUT2D eigenvalue weighted by atomic mass is 9.87. The summed E-state index contributed by atoms with van der Waals surface area (Å²) in [6.07, 6.45) is 0. The molecule has 18 heavy (non-hydrogen) atoms. The Morgan fingerprint density at radius 1 is 1.17 bits per heavy atom. The molecule has 0 aliphatic rings. The Balaban J connectivity index is 2.98. The predicted octanol–water partition coefficient (Wildman–Crippen LogP) is 5.22. The van der Waals surface area contributed by atoms with Crippen LogP contribution in [0.25, 0.3) is 0 Å². The fourth-order valence-electron chi connectivity index (χ4n) is 1.65. The van der Waals surface area contributed by atoms with Crippen LogP contribution >= 0.6 is 23.2 Å². The van der Waals surface area contributed by atoms with E-state index in [0.29, 0.717) is 10.6 Å². The van der Waals surface area contributed by atoms with Crippen molar-refractivity contribution in [2.24, 2.45) is 5.41 Å². The molecule has 0 saturated heterocycles. The Kier molecular flexibility index (Phi) is 5.05. The highest BCUT2D eigenvalue weighted by atomic mass is 35.5. The van der Waals surface area contributed by atoms with Gasteiger partial charge in [-0.15, -0.1) is 0 Å². The first kappa shape index (κ1) is 15.7. The lowest BCUT2D eigenvalue weighted by molar-refractivity contribution is 0.268. The Morgan fingerprint density at radius 2 is 1.72 bits per heavy atom. The lowest BCUT2D eigenvalue weighted by Gasteiger charge is -2.31. The zero-order valence-corrected chi connectivity index (χ0v) is 13.0. The van der Waals surface area contributed by atoms with Crippen molar-refractivity contribution >= 4 is 23.2 Å². The summed E-state index contributed by atoms with van der Waals surface area (Å²) in [5, 5.41) is 4.00. The van der Waals surface area contributed by atoms with E-state index in [1.807, 2.05) is 6.92 Å². The number of halogens is 3. The Labute approximate surface area is 119 Å². The van der Waals surface area contributed by atoms with Crippen molar-refractivity contribution < 1.29 is 4.39 Å². The highest BCUT2D eigenvalue weighted by Gasteiger charge is 2.24. The van der Waals surface area contributed by atoms with E-state index in [1.165, 1.54) is 12.1 Å². The Morgan fingerprint density at radius 3 is 2.22 bits per heavy atom. The van der Waals surface area contributed by atoms with Crippen LogP contribution in [0, 0.1) is 11.2 Å². The molecule has 1 N–H and O–H groups in total. The highest BCUT2D eigenvalue weighted by molar-refractivity contribution is 6.36. The minimum Gasteiger partial charge on any atom is -0.307 e. The first-order valence-corrected chi connectivity index (χ1v) is 6.79. The van der Waals surface area contributed by atoms with Crippen LogP contribution in [0.2, 0.25) is 10.0 Å². The second-order valence-corrected chi connectivity index (χ2v) is 6.52. The van der Waals surface area contributed by atoms with Crippen LogP contribution in [0.1, 0.15) is 46.2 Å². The van der Waals surface area contributed by atoms with E-state index < -0.39 is 5.82 Å². The second kappa shape index (κ2) is 5.77. The molecule has 1 aromatic rings. The molecule has 0 spiro atoms. The van der Waals surface area contributed by atoms with Gasteiger partial charge in [0.05, 0.1) is 5.02 Å². The molecule has 4 heteroatoms. The summed E-state index contributed by atoms with van der Waals surface area (Å²) in [5.74, 6) is -0.437. The van der Waals surface area contributed by atoms with Crippen LogP contribution in [0.15, 0.2) is 12.1 Å². The molecule has 0 heterocycles. The molecular weight excluding hydrogens is 272 g/mol. The van der Waals surface area contributed by atoms with E-state index in [1.54, 1.807) is 0 Å². The van der Waals surface area contributed by atoms with Gasteiger partial charge in [0, 0.05) is 22.7 Å². The van der Waals surface area contributed by atoms with Crippen molar-refractivity contribution in [3.8, 4) is 0 Å². The largest absolute Gasteiger partial charge is 0.307 e. The fraction of sp³-hybridized carbons (Fsp3) is 0.571. The SMILES string of the molecule is CC(NC(C)C(C)(C)C)c1c(Cl)ccc(F)c1Cl. The normalized spacial score (nSPS) is 15.6. The van der Waals surface area contributed by atoms with Crippen molar-refractivity contribution in [1.29, 1.82) is 0 Å². The van der Waals surface area contributed by atoms with Gasteiger partial charge in [-0.2, -0.15) is 0 Å². The van der Waals surface area contributed by atoms with E-state index in [9.17, 15) is 4.39 Å². The molecule has 0 amide bonds. The molecule has 1 nitrogen and oxygen atoms in total. The van der Waals surface area contributed by atoms with Crippen LogP contribution in [-0.2, 0) is 0 Å². The first-order chi connectivity index (χ1) is 8.14. The zero-order chi connectivity index (χ0) is 14.1. The van der Waals surface area contributed by atoms with Gasteiger partial charge in [0.25, 0.3) is 0 Å². The minimum absolute atomic E-state index is 0.101. The van der Waals surface area contributed by atoms with Gasteiger partial charge in [-0.1, -0.05) is 44.0 Å². The number of benzene rings is 1. The maximum atomic E-state index is 13.5. The van der Waals surface area contributed by atoms with Gasteiger partial charge in [0.15, 0.2) is 0 Å². The van der Waals surface area contributed by atoms with Crippen LogP contribution in [0.5, 0.6) is 0 Å². The Bertz CT molecular complexity index is 427. The maximum absolute atomic E-state index is 13.5. The van der Waals surface area contributed by atoms with Crippen LogP contribution in [0.3, 0.4) is 0 Å². The van der Waals surface area contributed by atoms with Crippen molar-refractivity contribution in [3.63, 3.8) is 0 Å². The van der Waals surface area contributed by atoms with E-state index in [0.717, 1.165) is 0 Å². The molecule has 2 atom stereocenters. The third-order valence-corrected chi connectivity index (χ3v) is 4.03. The zero-order valence-electron chi connectivity index (χ0n) is 11.4. The summed E-state index contributed by atoms with van der Waals surface area (Å²) >= 11 is 12.1. The monoisotopic (exact) mass is 291 g/mol. The van der Waals surface area contributed by atoms with Gasteiger partial charge in [-0.25, -0.2) is 4.39 Å². The van der Waals surface area contributed by atoms with Crippen LogP contribution < -0.4 is 5.32 Å². The standard InChI is InChI=1S/C14H20Cl2FN/c1-8(18-9(2)14(3,4)5)12-10(15)6-7-11(17)13(12)16/h6-9,18H,1-5H3. The molecule has 0 fully saturated rings. The molecule has 0 radical (unpaired) electrons. The number of nitrogens with one attached hydrogen (secondary N) is 1. The molecule has 0 aliphatic heterocycles. The fourth-order valence-corrected chi connectivity index (χ4v) is 2.35. The third kappa shape index (κ3) is 3.59. The van der Waals surface area contributed by atoms with E-state index >= 15 is 0 Å². The van der Waals surface area contributed by atoms with Crippen LogP contribution in [-0.4, -0.2) is 6.04 Å². The summed E-state index contributed by atoms with van der Waals surface area (Å²) in [7, 11) is 0. The van der Waals surface area contributed by atoms with E-state index in [2.05, 4.69) is 33.0 Å². The predicted molar refractivity (Wildman–Crippen MR) is 76.9 cm³/mol. The average Bonchev–Trinajstić information content (AvgIpc) is 2.22. The van der Waals surface area contributed by atoms with Crippen molar-refractivity contribution in [3.05, 3.63) is 33.6 Å². The summed E-state index contributed by atoms with van der Waals surface area (Å²) in [4.78, 5) is 0. The van der Waals surface area contributed by atoms with Crippen molar-refractivity contribution in [2.45, 2.75) is 46.7 Å². The van der Waals surface area contributed by atoms with Crippen molar-refractivity contribution in [2.75, 3.05) is 0 Å². The quantitative estimate of drug-likeness (QED) is 0.753. The van der Waals surface area contributed by atoms with Gasteiger partial charge in [-0.3, -0.25) is 0 Å². The van der Waals surface area contributed by atoms with Gasteiger partial charge < -0.3 is 5.32 Å². The van der Waals surface area contributed by atoms with Crippen LogP contribution in [0.4, 0.5) is 4.39 Å². The third-order valence-electron chi connectivity index (χ3n) is 3.31. The molecule has 0 bridgehead atoms.